The second-order valence-electron chi connectivity index (χ2n) is 3.46. The van der Waals surface area contributed by atoms with Crippen molar-refractivity contribution in [3.05, 3.63) is 46.5 Å². The number of non-ortho nitro benzene ring substituents is 1. The molecule has 93 valence electrons. The van der Waals surface area contributed by atoms with Crippen molar-refractivity contribution in [3.63, 3.8) is 0 Å². The zero-order valence-corrected chi connectivity index (χ0v) is 9.88. The molecule has 0 saturated carbocycles. The molecule has 1 unspecified atom stereocenters. The third-order valence-electron chi connectivity index (χ3n) is 2.47. The molecule has 0 amide bonds. The molecule has 2 aromatic rings. The lowest BCUT2D eigenvalue weighted by molar-refractivity contribution is -0.637. The molecular formula is C10H9N2O5S+2. The van der Waals surface area contributed by atoms with Crippen molar-refractivity contribution in [1.29, 1.82) is 0 Å². The molecule has 2 aromatic carbocycles. The van der Waals surface area contributed by atoms with Gasteiger partial charge in [-0.3, -0.25) is 10.1 Å². The quantitative estimate of drug-likeness (QED) is 0.508. The van der Waals surface area contributed by atoms with Crippen molar-refractivity contribution in [2.24, 2.45) is 0 Å². The second-order valence-corrected chi connectivity index (χ2v) is 5.04. The molecule has 2 rings (SSSR count). The van der Waals surface area contributed by atoms with E-state index in [9.17, 15) is 18.9 Å². The van der Waals surface area contributed by atoms with Gasteiger partial charge in [-0.2, -0.15) is 5.90 Å². The minimum atomic E-state index is -4.10. The van der Waals surface area contributed by atoms with Gasteiger partial charge in [-0.25, -0.2) is 0 Å². The van der Waals surface area contributed by atoms with E-state index in [2.05, 4.69) is 10.2 Å². The van der Waals surface area contributed by atoms with Crippen LogP contribution in [-0.4, -0.2) is 4.92 Å². The number of hydrogen-bond donors (Lipinski definition) is 1. The van der Waals surface area contributed by atoms with Crippen molar-refractivity contribution in [2.75, 3.05) is 0 Å². The third kappa shape index (κ3) is 1.97. The SMILES string of the molecule is [NH3+]O[S+]([O])(=O)c1cccc2cccc([N+](=O)[O-])c12. The summed E-state index contributed by atoms with van der Waals surface area (Å²) in [4.78, 5) is 10.0. The molecule has 0 fully saturated rings. The van der Waals surface area contributed by atoms with Gasteiger partial charge >= 0.3 is 10.5 Å². The summed E-state index contributed by atoms with van der Waals surface area (Å²) in [5, 5.41) is 11.4. The molecule has 0 bridgehead atoms. The molecule has 18 heavy (non-hydrogen) atoms. The van der Waals surface area contributed by atoms with Gasteiger partial charge in [0.2, 0.25) is 4.90 Å². The topological polar surface area (TPSA) is 117 Å². The van der Waals surface area contributed by atoms with E-state index in [1.807, 2.05) is 0 Å². The lowest BCUT2D eigenvalue weighted by Crippen LogP contribution is -2.52. The van der Waals surface area contributed by atoms with Crippen LogP contribution in [0.15, 0.2) is 41.3 Å². The summed E-state index contributed by atoms with van der Waals surface area (Å²) in [7, 11) is -4.10. The molecule has 0 aliphatic carbocycles. The van der Waals surface area contributed by atoms with Crippen molar-refractivity contribution >= 4 is 27.0 Å². The Morgan fingerprint density at radius 3 is 2.39 bits per heavy atom. The molecule has 1 atom stereocenters. The van der Waals surface area contributed by atoms with Gasteiger partial charge in [-0.15, -0.1) is 0 Å². The Bertz CT molecular complexity index is 667. The summed E-state index contributed by atoms with van der Waals surface area (Å²) in [6.45, 7) is 0. The molecule has 0 saturated heterocycles. The number of nitrogens with zero attached hydrogens (tertiary/aromatic N) is 1. The molecule has 3 N–H and O–H groups in total. The largest absolute Gasteiger partial charge is 0.483 e. The van der Waals surface area contributed by atoms with Crippen LogP contribution in [0.4, 0.5) is 5.69 Å². The van der Waals surface area contributed by atoms with E-state index in [4.69, 9.17) is 0 Å². The Labute approximate surface area is 103 Å². The second kappa shape index (κ2) is 4.42. The molecule has 0 aliphatic rings. The fourth-order valence-electron chi connectivity index (χ4n) is 1.71. The molecule has 1 radical (unpaired) electrons. The Balaban J connectivity index is 2.91. The molecule has 0 heterocycles. The van der Waals surface area contributed by atoms with E-state index >= 15 is 0 Å². The van der Waals surface area contributed by atoms with Gasteiger partial charge in [0.15, 0.2) is 0 Å². The van der Waals surface area contributed by atoms with Gasteiger partial charge in [-0.05, 0) is 9.60 Å². The number of quaternary nitrogens is 1. The summed E-state index contributed by atoms with van der Waals surface area (Å²) in [6.07, 6.45) is 0. The predicted molar refractivity (Wildman–Crippen MR) is 61.6 cm³/mol. The van der Waals surface area contributed by atoms with Crippen LogP contribution in [0.25, 0.3) is 10.8 Å². The molecular weight excluding hydrogens is 260 g/mol. The van der Waals surface area contributed by atoms with Gasteiger partial charge < -0.3 is 0 Å². The smallest absolute Gasteiger partial charge is 0.258 e. The van der Waals surface area contributed by atoms with Crippen LogP contribution in [0, 0.1) is 10.1 Å². The molecule has 0 spiro atoms. The molecule has 0 aliphatic heterocycles. The van der Waals surface area contributed by atoms with E-state index in [1.54, 1.807) is 12.1 Å². The molecule has 0 aromatic heterocycles. The minimum absolute atomic E-state index is 0.0219. The number of rotatable bonds is 3. The maximum Gasteiger partial charge on any atom is 0.483 e. The predicted octanol–water partition coefficient (Wildman–Crippen LogP) is 1.04. The Morgan fingerprint density at radius 2 is 1.83 bits per heavy atom. The summed E-state index contributed by atoms with van der Waals surface area (Å²) in [5.41, 5.74) is -0.288. The van der Waals surface area contributed by atoms with Gasteiger partial charge in [0, 0.05) is 12.1 Å². The summed E-state index contributed by atoms with van der Waals surface area (Å²) < 4.78 is 27.5. The number of nitro groups is 1. The zero-order valence-electron chi connectivity index (χ0n) is 9.07. The van der Waals surface area contributed by atoms with Crippen LogP contribution in [0.5, 0.6) is 0 Å². The maximum absolute atomic E-state index is 11.7. The maximum atomic E-state index is 11.7. The number of hydrogen-bond acceptors (Lipinski definition) is 4. The first-order valence-corrected chi connectivity index (χ1v) is 6.23. The highest BCUT2D eigenvalue weighted by molar-refractivity contribution is 7.93. The Kier molecular flexibility index (Phi) is 3.09. The summed E-state index contributed by atoms with van der Waals surface area (Å²) >= 11 is 0. The summed E-state index contributed by atoms with van der Waals surface area (Å²) in [5.74, 6) is 2.86. The number of nitro benzene ring substituents is 1. The van der Waals surface area contributed by atoms with Crippen molar-refractivity contribution in [1.82, 2.24) is 0 Å². The minimum Gasteiger partial charge on any atom is -0.258 e. The first-order chi connectivity index (χ1) is 8.47. The number of benzene rings is 2. The van der Waals surface area contributed by atoms with Crippen LogP contribution < -0.4 is 5.90 Å². The highest BCUT2D eigenvalue weighted by Crippen LogP contribution is 2.33. The van der Waals surface area contributed by atoms with Crippen LogP contribution >= 0.6 is 0 Å². The highest BCUT2D eigenvalue weighted by atomic mass is 32.3. The van der Waals surface area contributed by atoms with Gasteiger partial charge in [-0.1, -0.05) is 24.3 Å². The van der Waals surface area contributed by atoms with Gasteiger partial charge in [0.1, 0.15) is 5.39 Å². The van der Waals surface area contributed by atoms with E-state index in [0.29, 0.717) is 5.39 Å². The van der Waals surface area contributed by atoms with Gasteiger partial charge in [0.05, 0.1) is 13.8 Å². The van der Waals surface area contributed by atoms with Crippen molar-refractivity contribution < 1.29 is 23.9 Å². The van der Waals surface area contributed by atoms with Crippen LogP contribution in [0.1, 0.15) is 0 Å². The first kappa shape index (κ1) is 12.6. The van der Waals surface area contributed by atoms with Crippen molar-refractivity contribution in [3.8, 4) is 0 Å². The van der Waals surface area contributed by atoms with E-state index in [-0.39, 0.29) is 16.0 Å². The normalized spacial score (nSPS) is 14.3. The average Bonchev–Trinajstić information content (AvgIpc) is 2.37. The van der Waals surface area contributed by atoms with Crippen LogP contribution in [0.2, 0.25) is 0 Å². The standard InChI is InChI=1S/C10H9N2O5S/c11-17-18(15,16)9-6-2-4-7-3-1-5-8(10(7)9)12(13)14/h1-6H,11H3/q+2. The number of fused-ring (bicyclic) bond motifs is 1. The van der Waals surface area contributed by atoms with Crippen molar-refractivity contribution in [2.45, 2.75) is 4.90 Å². The van der Waals surface area contributed by atoms with E-state index in [0.717, 1.165) is 0 Å². The molecule has 7 nitrogen and oxygen atoms in total. The molecule has 8 heteroatoms. The zero-order chi connectivity index (χ0) is 13.3. The van der Waals surface area contributed by atoms with E-state index < -0.39 is 15.4 Å². The van der Waals surface area contributed by atoms with Crippen LogP contribution in [0.3, 0.4) is 0 Å². The average molecular weight is 269 g/mol. The fourth-order valence-corrected chi connectivity index (χ4v) is 2.56. The summed E-state index contributed by atoms with van der Waals surface area (Å²) in [6, 6.07) is 8.63. The van der Waals surface area contributed by atoms with Crippen LogP contribution in [-0.2, 0) is 23.5 Å². The fraction of sp³-hybridized carbons (Fsp3) is 0. The third-order valence-corrected chi connectivity index (χ3v) is 3.65. The lowest BCUT2D eigenvalue weighted by Gasteiger charge is -2.01. The lowest BCUT2D eigenvalue weighted by atomic mass is 10.1. The van der Waals surface area contributed by atoms with E-state index in [1.165, 1.54) is 24.3 Å². The first-order valence-electron chi connectivity index (χ1n) is 4.82. The van der Waals surface area contributed by atoms with Gasteiger partial charge in [0.25, 0.3) is 5.69 Å². The Morgan fingerprint density at radius 1 is 1.22 bits per heavy atom. The monoisotopic (exact) mass is 269 g/mol. The highest BCUT2D eigenvalue weighted by Gasteiger charge is 2.41. The Hall–Kier alpha value is -1.87.